The van der Waals surface area contributed by atoms with Crippen molar-refractivity contribution in [1.29, 1.82) is 0 Å². The minimum atomic E-state index is 0.0961. The van der Waals surface area contributed by atoms with Crippen LogP contribution in [0.2, 0.25) is 5.02 Å². The predicted molar refractivity (Wildman–Crippen MR) is 138 cm³/mol. The van der Waals surface area contributed by atoms with Crippen molar-refractivity contribution < 1.29 is 9.53 Å². The Balaban J connectivity index is 1.20. The van der Waals surface area contributed by atoms with Crippen LogP contribution in [0, 0.1) is 13.8 Å². The van der Waals surface area contributed by atoms with Gasteiger partial charge in [0.05, 0.1) is 16.3 Å². The number of ether oxygens (including phenoxy) is 1. The van der Waals surface area contributed by atoms with Crippen LogP contribution in [0.4, 0.5) is 0 Å². The standard InChI is InChI=1S/C26H27ClN4O2S/c1-18-3-9-22(10-4-18)33-16-15-29-11-13-30(14-12-29)25(32)24-17-23-19(2)28-31(26(23)34-24)21-7-5-20(27)6-8-21/h3-10,17H,11-16H2,1-2H3. The number of aryl methyl sites for hydroxylation is 2. The van der Waals surface area contributed by atoms with Crippen molar-refractivity contribution >= 4 is 39.1 Å². The Bertz CT molecular complexity index is 1290. The normalized spacial score (nSPS) is 14.6. The van der Waals surface area contributed by atoms with Crippen molar-refractivity contribution in [2.75, 3.05) is 39.3 Å². The summed E-state index contributed by atoms with van der Waals surface area (Å²) < 4.78 is 7.76. The van der Waals surface area contributed by atoms with Gasteiger partial charge in [-0.15, -0.1) is 11.3 Å². The van der Waals surface area contributed by atoms with Crippen LogP contribution in [0.25, 0.3) is 15.9 Å². The van der Waals surface area contributed by atoms with Crippen LogP contribution in [0.5, 0.6) is 5.75 Å². The van der Waals surface area contributed by atoms with Crippen LogP contribution in [0.3, 0.4) is 0 Å². The molecule has 0 atom stereocenters. The highest BCUT2D eigenvalue weighted by Gasteiger charge is 2.25. The van der Waals surface area contributed by atoms with E-state index in [0.29, 0.717) is 11.6 Å². The van der Waals surface area contributed by atoms with E-state index >= 15 is 0 Å². The fourth-order valence-corrected chi connectivity index (χ4v) is 5.44. The first kappa shape index (κ1) is 22.9. The fourth-order valence-electron chi connectivity index (χ4n) is 4.17. The van der Waals surface area contributed by atoms with E-state index in [0.717, 1.165) is 64.9 Å². The summed E-state index contributed by atoms with van der Waals surface area (Å²) in [4.78, 5) is 19.3. The van der Waals surface area contributed by atoms with Gasteiger partial charge in [-0.25, -0.2) is 4.68 Å². The Kier molecular flexibility index (Phi) is 6.59. The number of aromatic nitrogens is 2. The predicted octanol–water partition coefficient (Wildman–Crippen LogP) is 5.19. The fraction of sp³-hybridized carbons (Fsp3) is 0.308. The maximum Gasteiger partial charge on any atom is 0.264 e. The highest BCUT2D eigenvalue weighted by molar-refractivity contribution is 7.20. The Morgan fingerprint density at radius 3 is 2.44 bits per heavy atom. The van der Waals surface area contributed by atoms with Crippen molar-refractivity contribution in [3.05, 3.63) is 75.8 Å². The summed E-state index contributed by atoms with van der Waals surface area (Å²) in [7, 11) is 0. The van der Waals surface area contributed by atoms with Gasteiger partial charge in [-0.2, -0.15) is 5.10 Å². The molecule has 0 unspecified atom stereocenters. The molecule has 8 heteroatoms. The van der Waals surface area contributed by atoms with Crippen molar-refractivity contribution in [1.82, 2.24) is 19.6 Å². The second-order valence-electron chi connectivity index (χ2n) is 8.60. The highest BCUT2D eigenvalue weighted by atomic mass is 35.5. The zero-order chi connectivity index (χ0) is 23.7. The quantitative estimate of drug-likeness (QED) is 0.370. The number of thiophene rings is 1. The highest BCUT2D eigenvalue weighted by Crippen LogP contribution is 2.31. The molecule has 0 radical (unpaired) electrons. The minimum Gasteiger partial charge on any atom is -0.492 e. The lowest BCUT2D eigenvalue weighted by Crippen LogP contribution is -2.49. The molecule has 2 aromatic carbocycles. The maximum atomic E-state index is 13.3. The van der Waals surface area contributed by atoms with Crippen LogP contribution in [-0.2, 0) is 0 Å². The molecule has 34 heavy (non-hydrogen) atoms. The summed E-state index contributed by atoms with van der Waals surface area (Å²) in [6, 6.07) is 17.7. The van der Waals surface area contributed by atoms with Gasteiger partial charge in [-0.1, -0.05) is 29.3 Å². The van der Waals surface area contributed by atoms with Gasteiger partial charge in [0, 0.05) is 43.1 Å². The molecule has 3 heterocycles. The molecular weight excluding hydrogens is 468 g/mol. The van der Waals surface area contributed by atoms with E-state index in [-0.39, 0.29) is 5.91 Å². The van der Waals surface area contributed by atoms with Gasteiger partial charge in [-0.05, 0) is 56.3 Å². The van der Waals surface area contributed by atoms with Crippen molar-refractivity contribution in [2.24, 2.45) is 0 Å². The molecular formula is C26H27ClN4O2S. The number of halogens is 1. The molecule has 0 N–H and O–H groups in total. The Labute approximate surface area is 208 Å². The van der Waals surface area contributed by atoms with Crippen LogP contribution < -0.4 is 4.74 Å². The molecule has 2 aromatic heterocycles. The van der Waals surface area contributed by atoms with E-state index in [2.05, 4.69) is 29.1 Å². The van der Waals surface area contributed by atoms with Gasteiger partial charge in [0.15, 0.2) is 0 Å². The first-order chi connectivity index (χ1) is 16.5. The zero-order valence-corrected chi connectivity index (χ0v) is 20.9. The van der Waals surface area contributed by atoms with Gasteiger partial charge in [0.2, 0.25) is 0 Å². The molecule has 1 aliphatic heterocycles. The Morgan fingerprint density at radius 2 is 1.74 bits per heavy atom. The summed E-state index contributed by atoms with van der Waals surface area (Å²) in [5.74, 6) is 0.996. The number of benzene rings is 2. The molecule has 0 spiro atoms. The second kappa shape index (κ2) is 9.78. The molecule has 5 rings (SSSR count). The number of carbonyl (C=O) groups excluding carboxylic acids is 1. The molecule has 0 aliphatic carbocycles. The summed E-state index contributed by atoms with van der Waals surface area (Å²) in [5.41, 5.74) is 3.08. The van der Waals surface area contributed by atoms with Crippen molar-refractivity contribution in [2.45, 2.75) is 13.8 Å². The monoisotopic (exact) mass is 494 g/mol. The third-order valence-electron chi connectivity index (χ3n) is 6.18. The third-order valence-corrected chi connectivity index (χ3v) is 7.53. The van der Waals surface area contributed by atoms with Crippen LogP contribution >= 0.6 is 22.9 Å². The van der Waals surface area contributed by atoms with Gasteiger partial charge in [0.25, 0.3) is 5.91 Å². The van der Waals surface area contributed by atoms with Crippen LogP contribution in [0.1, 0.15) is 20.9 Å². The van der Waals surface area contributed by atoms with Crippen molar-refractivity contribution in [3.63, 3.8) is 0 Å². The number of rotatable bonds is 6. The van der Waals surface area contributed by atoms with E-state index in [1.165, 1.54) is 16.9 Å². The smallest absolute Gasteiger partial charge is 0.264 e. The van der Waals surface area contributed by atoms with Gasteiger partial charge >= 0.3 is 0 Å². The lowest BCUT2D eigenvalue weighted by atomic mass is 10.2. The first-order valence-corrected chi connectivity index (χ1v) is 12.6. The van der Waals surface area contributed by atoms with Crippen LogP contribution in [0.15, 0.2) is 54.6 Å². The number of carbonyl (C=O) groups is 1. The van der Waals surface area contributed by atoms with E-state index in [4.69, 9.17) is 16.3 Å². The van der Waals surface area contributed by atoms with E-state index < -0.39 is 0 Å². The summed E-state index contributed by atoms with van der Waals surface area (Å²) >= 11 is 7.54. The first-order valence-electron chi connectivity index (χ1n) is 11.4. The van der Waals surface area contributed by atoms with E-state index in [1.807, 2.05) is 59.0 Å². The van der Waals surface area contributed by atoms with Gasteiger partial charge < -0.3 is 9.64 Å². The second-order valence-corrected chi connectivity index (χ2v) is 10.1. The number of piperazine rings is 1. The van der Waals surface area contributed by atoms with E-state index in [9.17, 15) is 4.79 Å². The van der Waals surface area contributed by atoms with Crippen molar-refractivity contribution in [3.8, 4) is 11.4 Å². The molecule has 0 saturated carbocycles. The molecule has 1 amide bonds. The largest absolute Gasteiger partial charge is 0.492 e. The number of fused-ring (bicyclic) bond motifs is 1. The Morgan fingerprint density at radius 1 is 1.03 bits per heavy atom. The summed E-state index contributed by atoms with van der Waals surface area (Å²) in [5, 5.41) is 6.38. The zero-order valence-electron chi connectivity index (χ0n) is 19.3. The van der Waals surface area contributed by atoms with Gasteiger partial charge in [-0.3, -0.25) is 9.69 Å². The topological polar surface area (TPSA) is 50.6 Å². The summed E-state index contributed by atoms with van der Waals surface area (Å²) in [6.07, 6.45) is 0. The number of hydrogen-bond acceptors (Lipinski definition) is 5. The molecule has 176 valence electrons. The average Bonchev–Trinajstić information content (AvgIpc) is 3.42. The lowest BCUT2D eigenvalue weighted by Gasteiger charge is -2.34. The molecule has 1 fully saturated rings. The Hall–Kier alpha value is -2.87. The SMILES string of the molecule is Cc1ccc(OCCN2CCN(C(=O)c3cc4c(C)nn(-c5ccc(Cl)cc5)c4s3)CC2)cc1. The number of nitrogens with zero attached hydrogens (tertiary/aromatic N) is 4. The molecule has 1 aliphatic rings. The number of amides is 1. The molecule has 0 bridgehead atoms. The summed E-state index contributed by atoms with van der Waals surface area (Å²) in [6.45, 7) is 8.70. The van der Waals surface area contributed by atoms with Crippen LogP contribution in [-0.4, -0.2) is 64.8 Å². The molecule has 1 saturated heterocycles. The van der Waals surface area contributed by atoms with E-state index in [1.54, 1.807) is 0 Å². The maximum absolute atomic E-state index is 13.3. The number of hydrogen-bond donors (Lipinski definition) is 0. The third kappa shape index (κ3) is 4.82. The molecule has 4 aromatic rings. The average molecular weight is 495 g/mol. The molecule has 6 nitrogen and oxygen atoms in total. The lowest BCUT2D eigenvalue weighted by molar-refractivity contribution is 0.0625. The van der Waals surface area contributed by atoms with Gasteiger partial charge in [0.1, 0.15) is 17.2 Å². The minimum absolute atomic E-state index is 0.0961.